The molecule has 3 aliphatic heterocycles. The van der Waals surface area contributed by atoms with E-state index >= 15 is 0 Å². The summed E-state index contributed by atoms with van der Waals surface area (Å²) in [5.41, 5.74) is 2.38. The van der Waals surface area contributed by atoms with Crippen LogP contribution in [0.3, 0.4) is 0 Å². The van der Waals surface area contributed by atoms with Gasteiger partial charge in [-0.3, -0.25) is 9.69 Å². The van der Waals surface area contributed by atoms with Gasteiger partial charge in [-0.05, 0) is 89.4 Å². The summed E-state index contributed by atoms with van der Waals surface area (Å²) in [6, 6.07) is 7.58. The average Bonchev–Trinajstić information content (AvgIpc) is 3.35. The highest BCUT2D eigenvalue weighted by molar-refractivity contribution is 6.62. The number of carbonyl (C=O) groups excluding carboxylic acids is 1. The standard InChI is InChI=1S/C28H41BN2O3/c1-19-11-14-30(18-19)21-16-22(17-21)31-24-15-20(29-33-26(2,3)27(4,5)34-29)9-10-23(24)28(25(31)32)12-7-6-8-13-28/h9-10,15,19,21-22H,6-8,11-14,16-18H2,1-5H3/t19-,21?,22?/m1/s1. The normalized spacial score (nSPS) is 34.0. The van der Waals surface area contributed by atoms with Gasteiger partial charge in [-0.1, -0.05) is 38.3 Å². The second-order valence-electron chi connectivity index (χ2n) is 12.9. The van der Waals surface area contributed by atoms with Crippen molar-refractivity contribution in [2.75, 3.05) is 18.0 Å². The third-order valence-electron chi connectivity index (χ3n) is 10.1. The van der Waals surface area contributed by atoms with E-state index in [1.54, 1.807) is 0 Å². The Kier molecular flexibility index (Phi) is 5.30. The van der Waals surface area contributed by atoms with Gasteiger partial charge in [0.15, 0.2) is 0 Å². The summed E-state index contributed by atoms with van der Waals surface area (Å²) in [6.07, 6.45) is 9.05. The van der Waals surface area contributed by atoms with Gasteiger partial charge in [-0.2, -0.15) is 0 Å². The number of fused-ring (bicyclic) bond motifs is 2. The number of benzene rings is 1. The molecule has 0 bridgehead atoms. The molecular formula is C28H41BN2O3. The number of nitrogens with zero attached hydrogens (tertiary/aromatic N) is 2. The van der Waals surface area contributed by atoms with Gasteiger partial charge in [0, 0.05) is 24.3 Å². The molecule has 1 atom stereocenters. The molecule has 6 rings (SSSR count). The summed E-state index contributed by atoms with van der Waals surface area (Å²) in [5.74, 6) is 1.17. The number of likely N-dealkylation sites (tertiary alicyclic amines) is 1. The summed E-state index contributed by atoms with van der Waals surface area (Å²) >= 11 is 0. The number of hydrogen-bond acceptors (Lipinski definition) is 4. The Balaban J connectivity index is 1.31. The molecular weight excluding hydrogens is 423 g/mol. The van der Waals surface area contributed by atoms with Crippen LogP contribution in [0.1, 0.15) is 91.5 Å². The summed E-state index contributed by atoms with van der Waals surface area (Å²) in [6.45, 7) is 13.2. The van der Waals surface area contributed by atoms with E-state index in [0.29, 0.717) is 18.0 Å². The van der Waals surface area contributed by atoms with Crippen LogP contribution in [0.15, 0.2) is 18.2 Å². The zero-order chi connectivity index (χ0) is 23.9. The van der Waals surface area contributed by atoms with Gasteiger partial charge in [-0.15, -0.1) is 0 Å². The van der Waals surface area contributed by atoms with E-state index in [-0.39, 0.29) is 16.6 Å². The summed E-state index contributed by atoms with van der Waals surface area (Å²) in [5, 5.41) is 0. The lowest BCUT2D eigenvalue weighted by atomic mass is 9.69. The zero-order valence-electron chi connectivity index (χ0n) is 21.7. The molecule has 5 nitrogen and oxygen atoms in total. The molecule has 2 saturated carbocycles. The minimum absolute atomic E-state index is 0.310. The van der Waals surface area contributed by atoms with Crippen molar-refractivity contribution in [1.29, 1.82) is 0 Å². The fraction of sp³-hybridized carbons (Fsp3) is 0.750. The first-order valence-corrected chi connectivity index (χ1v) is 13.7. The second-order valence-corrected chi connectivity index (χ2v) is 12.9. The average molecular weight is 464 g/mol. The van der Waals surface area contributed by atoms with Gasteiger partial charge in [-0.25, -0.2) is 0 Å². The lowest BCUT2D eigenvalue weighted by Gasteiger charge is -2.46. The molecule has 0 aromatic heterocycles. The smallest absolute Gasteiger partial charge is 0.399 e. The Labute approximate surface area is 205 Å². The second kappa shape index (κ2) is 7.82. The quantitative estimate of drug-likeness (QED) is 0.622. The van der Waals surface area contributed by atoms with Gasteiger partial charge >= 0.3 is 7.12 Å². The van der Waals surface area contributed by atoms with Crippen molar-refractivity contribution in [3.63, 3.8) is 0 Å². The van der Waals surface area contributed by atoms with Crippen molar-refractivity contribution >= 4 is 24.2 Å². The van der Waals surface area contributed by atoms with Crippen LogP contribution in [0.4, 0.5) is 5.69 Å². The summed E-state index contributed by atoms with van der Waals surface area (Å²) < 4.78 is 12.7. The molecule has 6 heteroatoms. The van der Waals surface area contributed by atoms with E-state index in [0.717, 1.165) is 55.6 Å². The Morgan fingerprint density at radius 3 is 2.26 bits per heavy atom. The van der Waals surface area contributed by atoms with Crippen molar-refractivity contribution < 1.29 is 14.1 Å². The molecule has 3 heterocycles. The fourth-order valence-electron chi connectivity index (χ4n) is 7.10. The van der Waals surface area contributed by atoms with Gasteiger partial charge < -0.3 is 14.2 Å². The molecule has 1 aromatic carbocycles. The van der Waals surface area contributed by atoms with Crippen LogP contribution in [-0.4, -0.2) is 54.3 Å². The van der Waals surface area contributed by atoms with Crippen LogP contribution in [0.2, 0.25) is 0 Å². The van der Waals surface area contributed by atoms with Crippen molar-refractivity contribution in [3.05, 3.63) is 23.8 Å². The SMILES string of the molecule is C[C@@H]1CCN(C2CC(N3C(=O)C4(CCCCC4)c4ccc(B5OC(C)(C)C(C)(C)O5)cc43)C2)C1. The molecule has 184 valence electrons. The minimum Gasteiger partial charge on any atom is -0.399 e. The molecule has 2 saturated heterocycles. The Morgan fingerprint density at radius 2 is 1.65 bits per heavy atom. The lowest BCUT2D eigenvalue weighted by molar-refractivity contribution is -0.125. The van der Waals surface area contributed by atoms with Gasteiger partial charge in [0.05, 0.1) is 16.6 Å². The van der Waals surface area contributed by atoms with Crippen LogP contribution >= 0.6 is 0 Å². The molecule has 1 amide bonds. The first kappa shape index (κ1) is 23.1. The number of hydrogen-bond donors (Lipinski definition) is 0. The van der Waals surface area contributed by atoms with E-state index in [1.165, 1.54) is 31.5 Å². The van der Waals surface area contributed by atoms with Gasteiger partial charge in [0.1, 0.15) is 0 Å². The first-order valence-electron chi connectivity index (χ1n) is 13.7. The van der Waals surface area contributed by atoms with Gasteiger partial charge in [0.25, 0.3) is 0 Å². The zero-order valence-corrected chi connectivity index (χ0v) is 21.7. The molecule has 34 heavy (non-hydrogen) atoms. The van der Waals surface area contributed by atoms with E-state index in [9.17, 15) is 4.79 Å². The van der Waals surface area contributed by atoms with Crippen LogP contribution in [0.25, 0.3) is 0 Å². The molecule has 0 radical (unpaired) electrons. The highest BCUT2D eigenvalue weighted by Crippen LogP contribution is 2.52. The molecule has 0 unspecified atom stereocenters. The molecule has 1 spiro atoms. The number of anilines is 1. The monoisotopic (exact) mass is 464 g/mol. The largest absolute Gasteiger partial charge is 0.494 e. The van der Waals surface area contributed by atoms with Crippen LogP contribution in [0, 0.1) is 5.92 Å². The van der Waals surface area contributed by atoms with E-state index in [1.807, 2.05) is 0 Å². The molecule has 1 aromatic rings. The van der Waals surface area contributed by atoms with E-state index in [2.05, 4.69) is 62.6 Å². The van der Waals surface area contributed by atoms with E-state index < -0.39 is 7.12 Å². The predicted octanol–water partition coefficient (Wildman–Crippen LogP) is 4.41. The summed E-state index contributed by atoms with van der Waals surface area (Å²) in [7, 11) is -0.393. The molecule has 2 aliphatic carbocycles. The van der Waals surface area contributed by atoms with Crippen LogP contribution in [-0.2, 0) is 19.5 Å². The van der Waals surface area contributed by atoms with Crippen molar-refractivity contribution in [3.8, 4) is 0 Å². The minimum atomic E-state index is -0.393. The number of amides is 1. The van der Waals surface area contributed by atoms with Crippen molar-refractivity contribution in [2.24, 2.45) is 5.92 Å². The topological polar surface area (TPSA) is 42.0 Å². The predicted molar refractivity (Wildman–Crippen MR) is 137 cm³/mol. The lowest BCUT2D eigenvalue weighted by Crippen LogP contribution is -2.56. The highest BCUT2D eigenvalue weighted by Gasteiger charge is 2.56. The first-order chi connectivity index (χ1) is 16.1. The molecule has 5 aliphatic rings. The highest BCUT2D eigenvalue weighted by atomic mass is 16.7. The maximum Gasteiger partial charge on any atom is 0.494 e. The Morgan fingerprint density at radius 1 is 0.971 bits per heavy atom. The van der Waals surface area contributed by atoms with E-state index in [4.69, 9.17) is 9.31 Å². The van der Waals surface area contributed by atoms with Crippen LogP contribution in [0.5, 0.6) is 0 Å². The summed E-state index contributed by atoms with van der Waals surface area (Å²) in [4.78, 5) is 19.0. The third kappa shape index (κ3) is 3.35. The number of carbonyl (C=O) groups is 1. The van der Waals surface area contributed by atoms with Gasteiger partial charge in [0.2, 0.25) is 5.91 Å². The van der Waals surface area contributed by atoms with Crippen LogP contribution < -0.4 is 10.4 Å². The Bertz CT molecular complexity index is 964. The maximum absolute atomic E-state index is 14.1. The fourth-order valence-corrected chi connectivity index (χ4v) is 7.10. The van der Waals surface area contributed by atoms with Crippen molar-refractivity contribution in [1.82, 2.24) is 4.90 Å². The maximum atomic E-state index is 14.1. The molecule has 0 N–H and O–H groups in total. The van der Waals surface area contributed by atoms with Crippen molar-refractivity contribution in [2.45, 2.75) is 115 Å². The number of rotatable bonds is 3. The molecule has 4 fully saturated rings. The Hall–Kier alpha value is -1.37. The third-order valence-corrected chi connectivity index (χ3v) is 10.1.